The van der Waals surface area contributed by atoms with Gasteiger partial charge in [-0.25, -0.2) is 24.1 Å². The first-order chi connectivity index (χ1) is 15.2. The van der Waals surface area contributed by atoms with Crippen LogP contribution in [0.4, 0.5) is 23.4 Å². The largest absolute Gasteiger partial charge is 0.490 e. The Labute approximate surface area is 180 Å². The van der Waals surface area contributed by atoms with E-state index >= 15 is 0 Å². The van der Waals surface area contributed by atoms with Crippen molar-refractivity contribution < 1.29 is 41.7 Å². The summed E-state index contributed by atoms with van der Waals surface area (Å²) < 4.78 is 62.5. The average molecular weight is 460 g/mol. The highest BCUT2D eigenvalue weighted by atomic mass is 19.4. The zero-order valence-corrected chi connectivity index (χ0v) is 16.8. The van der Waals surface area contributed by atoms with Gasteiger partial charge in [0, 0.05) is 18.8 Å². The molecule has 2 fully saturated rings. The van der Waals surface area contributed by atoms with Crippen molar-refractivity contribution in [3.63, 3.8) is 0 Å². The Balaban J connectivity index is 0.000000360. The number of rotatable bonds is 4. The van der Waals surface area contributed by atoms with Gasteiger partial charge in [0.25, 0.3) is 5.88 Å². The zero-order valence-electron chi connectivity index (χ0n) is 16.8. The Kier molecular flexibility index (Phi) is 7.28. The molecule has 0 radical (unpaired) electrons. The second-order valence-electron chi connectivity index (χ2n) is 6.84. The molecule has 3 atom stereocenters. The molecule has 2 aliphatic rings. The lowest BCUT2D eigenvalue weighted by molar-refractivity contribution is -0.192. The summed E-state index contributed by atoms with van der Waals surface area (Å²) in [6.45, 7) is 1.28. The van der Waals surface area contributed by atoms with E-state index in [4.69, 9.17) is 24.1 Å². The van der Waals surface area contributed by atoms with E-state index in [1.165, 1.54) is 18.6 Å². The van der Waals surface area contributed by atoms with Crippen LogP contribution in [0.3, 0.4) is 0 Å². The lowest BCUT2D eigenvalue weighted by Gasteiger charge is -2.39. The fourth-order valence-corrected chi connectivity index (χ4v) is 3.53. The lowest BCUT2D eigenvalue weighted by Crippen LogP contribution is -2.52. The van der Waals surface area contributed by atoms with Crippen LogP contribution in [-0.4, -0.2) is 70.7 Å². The van der Waals surface area contributed by atoms with Crippen molar-refractivity contribution in [2.45, 2.75) is 37.3 Å². The number of halogens is 4. The number of hydrogen-bond acceptors (Lipinski definition) is 8. The lowest BCUT2D eigenvalue weighted by atomic mass is 10.1. The third-order valence-corrected chi connectivity index (χ3v) is 4.90. The SMILES string of the molecule is COc1cc(N2CCO[C@H]3[C@H](Oc4ncccc4F)CC[C@@H]32)ncn1.O=C(O)C(F)(F)F. The van der Waals surface area contributed by atoms with Crippen LogP contribution in [0, 0.1) is 5.82 Å². The van der Waals surface area contributed by atoms with Crippen LogP contribution in [0.5, 0.6) is 11.8 Å². The molecular weight excluding hydrogens is 440 g/mol. The Morgan fingerprint density at radius 2 is 2.03 bits per heavy atom. The minimum atomic E-state index is -5.08. The molecule has 0 bridgehead atoms. The third kappa shape index (κ3) is 5.52. The van der Waals surface area contributed by atoms with Gasteiger partial charge in [0.05, 0.1) is 19.8 Å². The van der Waals surface area contributed by atoms with Gasteiger partial charge in [-0.15, -0.1) is 0 Å². The van der Waals surface area contributed by atoms with E-state index in [9.17, 15) is 17.6 Å². The molecule has 4 rings (SSSR count). The van der Waals surface area contributed by atoms with Crippen LogP contribution in [0.2, 0.25) is 0 Å². The topological polar surface area (TPSA) is 107 Å². The molecular formula is C19H20F4N4O5. The highest BCUT2D eigenvalue weighted by molar-refractivity contribution is 5.73. The zero-order chi connectivity index (χ0) is 23.3. The van der Waals surface area contributed by atoms with Crippen molar-refractivity contribution in [3.05, 3.63) is 36.5 Å². The van der Waals surface area contributed by atoms with Crippen LogP contribution in [0.25, 0.3) is 0 Å². The summed E-state index contributed by atoms with van der Waals surface area (Å²) >= 11 is 0. The van der Waals surface area contributed by atoms with Crippen molar-refractivity contribution in [1.82, 2.24) is 15.0 Å². The summed E-state index contributed by atoms with van der Waals surface area (Å²) in [6.07, 6.45) is -0.825. The average Bonchev–Trinajstić information content (AvgIpc) is 3.18. The number of pyridine rings is 1. The maximum Gasteiger partial charge on any atom is 0.490 e. The quantitative estimate of drug-likeness (QED) is 0.689. The highest BCUT2D eigenvalue weighted by Crippen LogP contribution is 2.35. The molecule has 1 saturated carbocycles. The summed E-state index contributed by atoms with van der Waals surface area (Å²) in [4.78, 5) is 23.5. The van der Waals surface area contributed by atoms with Gasteiger partial charge in [0.1, 0.15) is 24.4 Å². The summed E-state index contributed by atoms with van der Waals surface area (Å²) in [5.74, 6) is -1.87. The molecule has 13 heteroatoms. The van der Waals surface area contributed by atoms with Gasteiger partial charge in [-0.2, -0.15) is 13.2 Å². The summed E-state index contributed by atoms with van der Waals surface area (Å²) in [6, 6.07) is 4.82. The summed E-state index contributed by atoms with van der Waals surface area (Å²) in [5, 5.41) is 7.12. The van der Waals surface area contributed by atoms with Crippen molar-refractivity contribution in [2.24, 2.45) is 0 Å². The highest BCUT2D eigenvalue weighted by Gasteiger charge is 2.45. The maximum atomic E-state index is 13.8. The smallest absolute Gasteiger partial charge is 0.481 e. The first-order valence-corrected chi connectivity index (χ1v) is 9.52. The Hall–Kier alpha value is -3.22. The predicted octanol–water partition coefficient (Wildman–Crippen LogP) is 2.47. The number of hydrogen-bond donors (Lipinski definition) is 1. The Morgan fingerprint density at radius 1 is 1.28 bits per heavy atom. The number of aromatic nitrogens is 3. The van der Waals surface area contributed by atoms with Crippen LogP contribution in [0.15, 0.2) is 30.7 Å². The first-order valence-electron chi connectivity index (χ1n) is 9.52. The molecule has 1 N–H and O–H groups in total. The van der Waals surface area contributed by atoms with Crippen LogP contribution in [0.1, 0.15) is 12.8 Å². The Bertz CT molecular complexity index is 933. The van der Waals surface area contributed by atoms with Gasteiger partial charge in [-0.05, 0) is 25.0 Å². The molecule has 0 aromatic carbocycles. The normalized spacial score (nSPS) is 22.4. The number of carboxylic acid groups (broad SMARTS) is 1. The fourth-order valence-electron chi connectivity index (χ4n) is 3.53. The number of carboxylic acids is 1. The minimum absolute atomic E-state index is 0.0255. The summed E-state index contributed by atoms with van der Waals surface area (Å²) in [5.41, 5.74) is 0. The number of fused-ring (bicyclic) bond motifs is 1. The number of aliphatic carboxylic acids is 1. The fraction of sp³-hybridized carbons (Fsp3) is 0.474. The van der Waals surface area contributed by atoms with Crippen LogP contribution in [-0.2, 0) is 9.53 Å². The molecule has 2 aromatic heterocycles. The van der Waals surface area contributed by atoms with E-state index in [-0.39, 0.29) is 24.1 Å². The molecule has 9 nitrogen and oxygen atoms in total. The van der Waals surface area contributed by atoms with E-state index in [2.05, 4.69) is 19.9 Å². The van der Waals surface area contributed by atoms with E-state index in [1.54, 1.807) is 13.2 Å². The number of anilines is 1. The van der Waals surface area contributed by atoms with E-state index in [0.717, 1.165) is 25.2 Å². The number of methoxy groups -OCH3 is 1. The number of carbonyl (C=O) groups is 1. The van der Waals surface area contributed by atoms with Crippen LogP contribution < -0.4 is 14.4 Å². The van der Waals surface area contributed by atoms with Crippen molar-refractivity contribution >= 4 is 11.8 Å². The molecule has 0 unspecified atom stereocenters. The van der Waals surface area contributed by atoms with Gasteiger partial charge >= 0.3 is 12.1 Å². The number of alkyl halides is 3. The van der Waals surface area contributed by atoms with Crippen molar-refractivity contribution in [1.29, 1.82) is 0 Å². The molecule has 1 saturated heterocycles. The number of nitrogens with zero attached hydrogens (tertiary/aromatic N) is 4. The monoisotopic (exact) mass is 460 g/mol. The van der Waals surface area contributed by atoms with Gasteiger partial charge in [-0.3, -0.25) is 0 Å². The van der Waals surface area contributed by atoms with Crippen molar-refractivity contribution in [3.8, 4) is 11.8 Å². The van der Waals surface area contributed by atoms with Gasteiger partial charge < -0.3 is 24.2 Å². The molecule has 0 spiro atoms. The molecule has 3 heterocycles. The summed E-state index contributed by atoms with van der Waals surface area (Å²) in [7, 11) is 1.58. The molecule has 1 aliphatic carbocycles. The molecule has 2 aromatic rings. The predicted molar refractivity (Wildman–Crippen MR) is 101 cm³/mol. The molecule has 174 valence electrons. The van der Waals surface area contributed by atoms with E-state index < -0.39 is 18.0 Å². The van der Waals surface area contributed by atoms with Gasteiger partial charge in [0.2, 0.25) is 5.88 Å². The number of ether oxygens (including phenoxy) is 3. The third-order valence-electron chi connectivity index (χ3n) is 4.90. The van der Waals surface area contributed by atoms with Crippen molar-refractivity contribution in [2.75, 3.05) is 25.2 Å². The second kappa shape index (κ2) is 9.94. The van der Waals surface area contributed by atoms with Gasteiger partial charge in [0.15, 0.2) is 5.82 Å². The minimum Gasteiger partial charge on any atom is -0.481 e. The molecule has 0 amide bonds. The first kappa shape index (κ1) is 23.4. The Morgan fingerprint density at radius 3 is 2.69 bits per heavy atom. The maximum absolute atomic E-state index is 13.8. The number of morpholine rings is 1. The molecule has 32 heavy (non-hydrogen) atoms. The van der Waals surface area contributed by atoms with Gasteiger partial charge in [-0.1, -0.05) is 0 Å². The second-order valence-corrected chi connectivity index (χ2v) is 6.84. The van der Waals surface area contributed by atoms with E-state index in [1.807, 2.05) is 6.07 Å². The van der Waals surface area contributed by atoms with Crippen LogP contribution >= 0.6 is 0 Å². The standard InChI is InChI=1S/C17H19FN4O3.C2HF3O2/c1-23-15-9-14(20-10-21-15)22-7-8-24-16-12(22)4-5-13(16)25-17-11(18)3-2-6-19-17;3-2(4,5)1(6)7/h2-3,6,9-10,12-13,16H,4-5,7-8H2,1H3;(H,6,7)/t12-,13+,16+;/m0./s1. The molecule has 1 aliphatic heterocycles. The van der Waals surface area contributed by atoms with E-state index in [0.29, 0.717) is 12.5 Å².